The normalized spacial score (nSPS) is 29.3. The van der Waals surface area contributed by atoms with Crippen LogP contribution >= 0.6 is 0 Å². The molecule has 14 heavy (non-hydrogen) atoms. The molecule has 0 aromatic carbocycles. The zero-order valence-electron chi connectivity index (χ0n) is 7.67. The fourth-order valence-corrected chi connectivity index (χ4v) is 1.64. The van der Waals surface area contributed by atoms with E-state index < -0.39 is 30.4 Å². The Morgan fingerprint density at radius 3 is 1.71 bits per heavy atom. The molecule has 5 heteroatoms. The van der Waals surface area contributed by atoms with Gasteiger partial charge in [-0.05, 0) is 19.4 Å². The summed E-state index contributed by atoms with van der Waals surface area (Å²) in [6.45, 7) is 1.24. The first-order chi connectivity index (χ1) is 6.27. The van der Waals surface area contributed by atoms with Crippen LogP contribution in [0.1, 0.15) is 26.2 Å². The minimum Gasteiger partial charge on any atom is -0.226 e. The Labute approximate surface area is 78.8 Å². The maximum atomic E-state index is 13.5. The first kappa shape index (κ1) is 11.5. The molecule has 0 amide bonds. The molecule has 0 radical (unpaired) electrons. The molecule has 0 aromatic heterocycles. The quantitative estimate of drug-likeness (QED) is 0.461. The van der Waals surface area contributed by atoms with E-state index in [9.17, 15) is 22.0 Å². The van der Waals surface area contributed by atoms with Crippen LogP contribution in [-0.4, -0.2) is 17.5 Å². The zero-order valence-corrected chi connectivity index (χ0v) is 7.67. The third kappa shape index (κ3) is 1.42. The molecule has 0 nitrogen and oxygen atoms in total. The van der Waals surface area contributed by atoms with E-state index in [1.807, 2.05) is 0 Å². The Morgan fingerprint density at radius 2 is 1.36 bits per heavy atom. The summed E-state index contributed by atoms with van der Waals surface area (Å²) in [5.41, 5.74) is -3.83. The highest BCUT2D eigenvalue weighted by atomic mass is 19.3. The highest BCUT2D eigenvalue weighted by Gasteiger charge is 2.69. The van der Waals surface area contributed by atoms with Crippen molar-refractivity contribution >= 4 is 0 Å². The van der Waals surface area contributed by atoms with Crippen LogP contribution < -0.4 is 0 Å². The predicted octanol–water partition coefficient (Wildman–Crippen LogP) is 3.73. The van der Waals surface area contributed by atoms with E-state index in [4.69, 9.17) is 0 Å². The van der Waals surface area contributed by atoms with Gasteiger partial charge in [0, 0.05) is 12.8 Å². The third-order valence-corrected chi connectivity index (χ3v) is 2.44. The van der Waals surface area contributed by atoms with Crippen LogP contribution in [0.5, 0.6) is 0 Å². The molecule has 0 aromatic rings. The summed E-state index contributed by atoms with van der Waals surface area (Å²) in [7, 11) is 0. The van der Waals surface area contributed by atoms with Crippen LogP contribution in [0.15, 0.2) is 12.2 Å². The first-order valence-electron chi connectivity index (χ1n) is 4.35. The summed E-state index contributed by atoms with van der Waals surface area (Å²) in [4.78, 5) is 0. The number of hydrogen-bond acceptors (Lipinski definition) is 0. The van der Waals surface area contributed by atoms with Gasteiger partial charge in [0.15, 0.2) is 0 Å². The molecule has 0 aliphatic heterocycles. The Hall–Kier alpha value is -0.610. The molecule has 82 valence electrons. The lowest BCUT2D eigenvalue weighted by atomic mass is 9.79. The maximum Gasteiger partial charge on any atom is 0.291 e. The van der Waals surface area contributed by atoms with Crippen molar-refractivity contribution in [1.82, 2.24) is 0 Å². The molecular weight excluding hydrogens is 203 g/mol. The first-order valence-corrected chi connectivity index (χ1v) is 4.35. The number of rotatable bonds is 1. The van der Waals surface area contributed by atoms with E-state index in [-0.39, 0.29) is 12.5 Å². The van der Waals surface area contributed by atoms with E-state index in [0.29, 0.717) is 0 Å². The van der Waals surface area contributed by atoms with Gasteiger partial charge in [0.25, 0.3) is 17.5 Å². The molecule has 0 atom stereocenters. The van der Waals surface area contributed by atoms with E-state index in [1.165, 1.54) is 6.92 Å². The predicted molar refractivity (Wildman–Crippen MR) is 42.4 cm³/mol. The van der Waals surface area contributed by atoms with E-state index in [1.54, 1.807) is 0 Å². The van der Waals surface area contributed by atoms with Crippen molar-refractivity contribution in [2.24, 2.45) is 0 Å². The summed E-state index contributed by atoms with van der Waals surface area (Å²) >= 11 is 0. The van der Waals surface area contributed by atoms with Gasteiger partial charge in [0.1, 0.15) is 0 Å². The molecule has 1 aliphatic rings. The van der Waals surface area contributed by atoms with Gasteiger partial charge in [-0.15, -0.1) is 0 Å². The molecule has 1 fully saturated rings. The molecule has 0 unspecified atom stereocenters. The minimum atomic E-state index is -3.98. The molecule has 0 heterocycles. The van der Waals surface area contributed by atoms with Crippen molar-refractivity contribution in [3.05, 3.63) is 12.2 Å². The van der Waals surface area contributed by atoms with Crippen molar-refractivity contribution in [1.29, 1.82) is 0 Å². The Bertz CT molecular complexity index is 228. The highest BCUT2D eigenvalue weighted by Crippen LogP contribution is 2.53. The lowest BCUT2D eigenvalue weighted by molar-refractivity contribution is -0.249. The summed E-state index contributed by atoms with van der Waals surface area (Å²) in [6, 6.07) is 0. The van der Waals surface area contributed by atoms with Crippen molar-refractivity contribution < 1.29 is 22.0 Å². The smallest absolute Gasteiger partial charge is 0.226 e. The van der Waals surface area contributed by atoms with E-state index >= 15 is 0 Å². The molecule has 1 saturated carbocycles. The van der Waals surface area contributed by atoms with Crippen LogP contribution in [0, 0.1) is 0 Å². The van der Waals surface area contributed by atoms with Crippen molar-refractivity contribution in [2.75, 3.05) is 0 Å². The largest absolute Gasteiger partial charge is 0.291 e. The second kappa shape index (κ2) is 3.21. The molecule has 1 aliphatic carbocycles. The second-order valence-corrected chi connectivity index (χ2v) is 3.47. The Kier molecular flexibility index (Phi) is 2.63. The second-order valence-electron chi connectivity index (χ2n) is 3.47. The maximum absolute atomic E-state index is 13.5. The minimum absolute atomic E-state index is 0.270. The van der Waals surface area contributed by atoms with Crippen LogP contribution in [0.2, 0.25) is 0 Å². The Balaban J connectivity index is 3.15. The van der Waals surface area contributed by atoms with Crippen LogP contribution in [0.3, 0.4) is 0 Å². The number of alkyl halides is 5. The van der Waals surface area contributed by atoms with Gasteiger partial charge in [0.2, 0.25) is 0 Å². The van der Waals surface area contributed by atoms with Crippen molar-refractivity contribution in [3.8, 4) is 0 Å². The average Bonchev–Trinajstić information content (AvgIpc) is 2.01. The third-order valence-electron chi connectivity index (χ3n) is 2.44. The SMILES string of the molecule is C/C=C\C1(F)C(F)(F)CCCC1(F)F. The van der Waals surface area contributed by atoms with E-state index in [2.05, 4.69) is 0 Å². The molecular formula is C9H11F5. The summed E-state index contributed by atoms with van der Waals surface area (Å²) in [5.74, 6) is -7.97. The van der Waals surface area contributed by atoms with Gasteiger partial charge in [-0.1, -0.05) is 6.08 Å². The standard InChI is InChI=1S/C9H11F5/c1-2-4-7(10)8(11,12)5-3-6-9(7,13)14/h2,4H,3,5-6H2,1H3/b4-2-. The van der Waals surface area contributed by atoms with Gasteiger partial charge in [-0.3, -0.25) is 0 Å². The molecule has 0 spiro atoms. The van der Waals surface area contributed by atoms with Crippen molar-refractivity contribution in [3.63, 3.8) is 0 Å². The fraction of sp³-hybridized carbons (Fsp3) is 0.778. The van der Waals surface area contributed by atoms with Gasteiger partial charge in [-0.25, -0.2) is 22.0 Å². The number of hydrogen-bond donors (Lipinski definition) is 0. The monoisotopic (exact) mass is 214 g/mol. The van der Waals surface area contributed by atoms with Gasteiger partial charge >= 0.3 is 0 Å². The molecule has 0 bridgehead atoms. The average molecular weight is 214 g/mol. The molecule has 0 saturated heterocycles. The van der Waals surface area contributed by atoms with Crippen LogP contribution in [0.4, 0.5) is 22.0 Å². The van der Waals surface area contributed by atoms with Crippen LogP contribution in [0.25, 0.3) is 0 Å². The van der Waals surface area contributed by atoms with Crippen molar-refractivity contribution in [2.45, 2.75) is 43.7 Å². The summed E-state index contributed by atoms with van der Waals surface area (Å²) in [5, 5.41) is 0. The van der Waals surface area contributed by atoms with Gasteiger partial charge in [0.05, 0.1) is 0 Å². The summed E-state index contributed by atoms with van der Waals surface area (Å²) in [6.07, 6.45) is -0.852. The Morgan fingerprint density at radius 1 is 0.929 bits per heavy atom. The summed E-state index contributed by atoms with van der Waals surface area (Å²) < 4.78 is 65.7. The fourth-order valence-electron chi connectivity index (χ4n) is 1.64. The molecule has 0 N–H and O–H groups in total. The molecule has 1 rings (SSSR count). The zero-order chi connectivity index (χ0) is 11.0. The van der Waals surface area contributed by atoms with Gasteiger partial charge < -0.3 is 0 Å². The van der Waals surface area contributed by atoms with E-state index in [0.717, 1.165) is 6.08 Å². The topological polar surface area (TPSA) is 0 Å². The number of allylic oxidation sites excluding steroid dienone is 2. The number of halogens is 5. The van der Waals surface area contributed by atoms with Gasteiger partial charge in [-0.2, -0.15) is 0 Å². The van der Waals surface area contributed by atoms with Crippen LogP contribution in [-0.2, 0) is 0 Å². The highest BCUT2D eigenvalue weighted by molar-refractivity contribution is 5.18. The lowest BCUT2D eigenvalue weighted by Crippen LogP contribution is -2.58. The lowest BCUT2D eigenvalue weighted by Gasteiger charge is -2.41.